The Morgan fingerprint density at radius 2 is 1.14 bits per heavy atom. The molecule has 0 saturated heterocycles. The second kappa shape index (κ2) is 5.95. The van der Waals surface area contributed by atoms with Crippen molar-refractivity contribution in [3.8, 4) is 22.6 Å². The van der Waals surface area contributed by atoms with Crippen molar-refractivity contribution in [1.82, 2.24) is 0 Å². The first kappa shape index (κ1) is 13.6. The molecule has 0 amide bonds. The van der Waals surface area contributed by atoms with Crippen molar-refractivity contribution in [2.45, 2.75) is 13.2 Å². The van der Waals surface area contributed by atoms with Gasteiger partial charge in [-0.25, -0.2) is 0 Å². The second-order valence-corrected chi connectivity index (χ2v) is 4.88. The van der Waals surface area contributed by atoms with E-state index in [1.807, 2.05) is 60.7 Å². The number of hydrogen-bond donors (Lipinski definition) is 2. The van der Waals surface area contributed by atoms with Gasteiger partial charge in [-0.1, -0.05) is 36.4 Å². The molecule has 106 valence electrons. The highest BCUT2D eigenvalue weighted by Gasteiger charge is 2.07. The van der Waals surface area contributed by atoms with Gasteiger partial charge in [0.1, 0.15) is 11.5 Å². The summed E-state index contributed by atoms with van der Waals surface area (Å²) in [7, 11) is 0. The number of furan rings is 1. The van der Waals surface area contributed by atoms with E-state index in [9.17, 15) is 10.2 Å². The Hall–Kier alpha value is -2.36. The molecule has 1 heterocycles. The van der Waals surface area contributed by atoms with Crippen molar-refractivity contribution in [3.63, 3.8) is 0 Å². The maximum absolute atomic E-state index is 9.20. The lowest BCUT2D eigenvalue weighted by molar-refractivity contribution is 0.281. The summed E-state index contributed by atoms with van der Waals surface area (Å²) in [5.41, 5.74) is 3.58. The third-order valence-electron chi connectivity index (χ3n) is 3.39. The van der Waals surface area contributed by atoms with Gasteiger partial charge in [0.2, 0.25) is 0 Å². The van der Waals surface area contributed by atoms with Gasteiger partial charge in [-0.05, 0) is 35.4 Å². The van der Waals surface area contributed by atoms with E-state index in [2.05, 4.69) is 0 Å². The molecule has 0 radical (unpaired) electrons. The van der Waals surface area contributed by atoms with Crippen LogP contribution in [0.1, 0.15) is 11.1 Å². The number of hydrogen-bond acceptors (Lipinski definition) is 3. The van der Waals surface area contributed by atoms with Crippen LogP contribution in [-0.4, -0.2) is 10.2 Å². The summed E-state index contributed by atoms with van der Waals surface area (Å²) in [6.07, 6.45) is 0. The number of aliphatic hydroxyl groups is 2. The molecule has 1 aromatic heterocycles. The van der Waals surface area contributed by atoms with Crippen molar-refractivity contribution in [1.29, 1.82) is 0 Å². The van der Waals surface area contributed by atoms with Crippen LogP contribution < -0.4 is 0 Å². The van der Waals surface area contributed by atoms with Crippen LogP contribution in [0.3, 0.4) is 0 Å². The largest absolute Gasteiger partial charge is 0.456 e. The van der Waals surface area contributed by atoms with Gasteiger partial charge in [0.25, 0.3) is 0 Å². The molecule has 21 heavy (non-hydrogen) atoms. The zero-order valence-corrected chi connectivity index (χ0v) is 11.5. The summed E-state index contributed by atoms with van der Waals surface area (Å²) in [5, 5.41) is 18.4. The van der Waals surface area contributed by atoms with Crippen LogP contribution >= 0.6 is 0 Å². The van der Waals surface area contributed by atoms with E-state index in [1.165, 1.54) is 0 Å². The lowest BCUT2D eigenvalue weighted by atomic mass is 10.1. The zero-order valence-electron chi connectivity index (χ0n) is 11.5. The maximum atomic E-state index is 9.20. The van der Waals surface area contributed by atoms with Crippen LogP contribution in [0.2, 0.25) is 0 Å². The van der Waals surface area contributed by atoms with Gasteiger partial charge in [0, 0.05) is 11.1 Å². The van der Waals surface area contributed by atoms with E-state index in [1.54, 1.807) is 0 Å². The molecule has 2 N–H and O–H groups in total. The first-order chi connectivity index (χ1) is 10.3. The lowest BCUT2D eigenvalue weighted by Crippen LogP contribution is -1.83. The summed E-state index contributed by atoms with van der Waals surface area (Å²) in [6, 6.07) is 19.1. The van der Waals surface area contributed by atoms with Crippen LogP contribution in [0.4, 0.5) is 0 Å². The molecule has 0 bridgehead atoms. The van der Waals surface area contributed by atoms with E-state index in [0.717, 1.165) is 33.8 Å². The van der Waals surface area contributed by atoms with Crippen molar-refractivity contribution < 1.29 is 14.6 Å². The fraction of sp³-hybridized carbons (Fsp3) is 0.111. The molecule has 0 aliphatic heterocycles. The van der Waals surface area contributed by atoms with Gasteiger partial charge >= 0.3 is 0 Å². The first-order valence-electron chi connectivity index (χ1n) is 6.80. The lowest BCUT2D eigenvalue weighted by Gasteiger charge is -2.02. The molecule has 3 heteroatoms. The summed E-state index contributed by atoms with van der Waals surface area (Å²) < 4.78 is 5.89. The molecule has 0 fully saturated rings. The molecular weight excluding hydrogens is 264 g/mol. The molecule has 3 aromatic rings. The van der Waals surface area contributed by atoms with Gasteiger partial charge < -0.3 is 14.6 Å². The van der Waals surface area contributed by atoms with Crippen LogP contribution in [0.25, 0.3) is 22.6 Å². The smallest absolute Gasteiger partial charge is 0.134 e. The normalized spacial score (nSPS) is 10.8. The van der Waals surface area contributed by atoms with Gasteiger partial charge in [0.15, 0.2) is 0 Å². The van der Waals surface area contributed by atoms with Crippen molar-refractivity contribution >= 4 is 0 Å². The first-order valence-corrected chi connectivity index (χ1v) is 6.80. The Labute approximate surface area is 123 Å². The monoisotopic (exact) mass is 280 g/mol. The number of aliphatic hydroxyl groups excluding tert-OH is 2. The van der Waals surface area contributed by atoms with Gasteiger partial charge in [-0.15, -0.1) is 0 Å². The Balaban J connectivity index is 1.95. The Bertz CT molecular complexity index is 681. The predicted octanol–water partition coefficient (Wildman–Crippen LogP) is 3.60. The van der Waals surface area contributed by atoms with Crippen molar-refractivity contribution in [3.05, 3.63) is 71.8 Å². The standard InChI is InChI=1S/C18H16O3/c19-11-13-3-1-5-15(9-13)17-7-8-18(21-17)16-6-2-4-14(10-16)12-20/h1-10,19-20H,11-12H2. The van der Waals surface area contributed by atoms with Crippen LogP contribution in [-0.2, 0) is 13.2 Å². The van der Waals surface area contributed by atoms with E-state index in [4.69, 9.17) is 4.42 Å². The fourth-order valence-electron chi connectivity index (χ4n) is 2.29. The van der Waals surface area contributed by atoms with E-state index in [0.29, 0.717) is 0 Å². The summed E-state index contributed by atoms with van der Waals surface area (Å²) in [5.74, 6) is 1.52. The number of benzene rings is 2. The summed E-state index contributed by atoms with van der Waals surface area (Å²) >= 11 is 0. The summed E-state index contributed by atoms with van der Waals surface area (Å²) in [6.45, 7) is 0.0277. The van der Waals surface area contributed by atoms with Crippen LogP contribution in [0, 0.1) is 0 Å². The molecule has 0 atom stereocenters. The minimum absolute atomic E-state index is 0.0138. The molecule has 0 aliphatic carbocycles. The van der Waals surface area contributed by atoms with Crippen LogP contribution in [0.5, 0.6) is 0 Å². The van der Waals surface area contributed by atoms with Crippen molar-refractivity contribution in [2.24, 2.45) is 0 Å². The van der Waals surface area contributed by atoms with E-state index in [-0.39, 0.29) is 13.2 Å². The molecule has 3 rings (SSSR count). The Morgan fingerprint density at radius 3 is 1.57 bits per heavy atom. The highest BCUT2D eigenvalue weighted by atomic mass is 16.3. The molecule has 3 nitrogen and oxygen atoms in total. The van der Waals surface area contributed by atoms with E-state index >= 15 is 0 Å². The fourth-order valence-corrected chi connectivity index (χ4v) is 2.29. The van der Waals surface area contributed by atoms with E-state index < -0.39 is 0 Å². The van der Waals surface area contributed by atoms with Gasteiger partial charge in [-0.2, -0.15) is 0 Å². The van der Waals surface area contributed by atoms with Gasteiger partial charge in [-0.3, -0.25) is 0 Å². The molecule has 0 spiro atoms. The molecular formula is C18H16O3. The highest BCUT2D eigenvalue weighted by Crippen LogP contribution is 2.29. The molecule has 0 unspecified atom stereocenters. The number of rotatable bonds is 4. The Morgan fingerprint density at radius 1 is 0.667 bits per heavy atom. The minimum atomic E-state index is 0.0138. The van der Waals surface area contributed by atoms with Gasteiger partial charge in [0.05, 0.1) is 13.2 Å². The summed E-state index contributed by atoms with van der Waals surface area (Å²) in [4.78, 5) is 0. The minimum Gasteiger partial charge on any atom is -0.456 e. The topological polar surface area (TPSA) is 53.6 Å². The third-order valence-corrected chi connectivity index (χ3v) is 3.39. The SMILES string of the molecule is OCc1cccc(-c2ccc(-c3cccc(CO)c3)o2)c1. The van der Waals surface area contributed by atoms with Crippen molar-refractivity contribution in [2.75, 3.05) is 0 Å². The molecule has 0 saturated carbocycles. The quantitative estimate of drug-likeness (QED) is 0.767. The maximum Gasteiger partial charge on any atom is 0.134 e. The Kier molecular flexibility index (Phi) is 3.86. The zero-order chi connectivity index (χ0) is 14.7. The second-order valence-electron chi connectivity index (χ2n) is 4.88. The molecule has 0 aliphatic rings. The third kappa shape index (κ3) is 2.89. The predicted molar refractivity (Wildman–Crippen MR) is 81.4 cm³/mol. The van der Waals surface area contributed by atoms with Crippen LogP contribution in [0.15, 0.2) is 65.1 Å². The average Bonchev–Trinajstić information content (AvgIpc) is 3.05. The molecule has 2 aromatic carbocycles. The average molecular weight is 280 g/mol. The highest BCUT2D eigenvalue weighted by molar-refractivity contribution is 5.65.